The maximum Gasteiger partial charge on any atom is 0.340 e. The van der Waals surface area contributed by atoms with Gasteiger partial charge in [-0.2, -0.15) is 0 Å². The molecule has 13 nitrogen and oxygen atoms in total. The first kappa shape index (κ1) is 50.1. The lowest BCUT2D eigenvalue weighted by Crippen LogP contribution is -2.67. The molecule has 376 valence electrons. The molecule has 73 heavy (non-hydrogen) atoms. The molecule has 3 fully saturated rings. The molecule has 3 aliphatic heterocycles. The molecule has 10 rings (SSSR count). The molecule has 0 N–H and O–H groups in total. The van der Waals surface area contributed by atoms with E-state index in [9.17, 15) is 4.79 Å². The largest absolute Gasteiger partial charge is 0.453 e. The van der Waals surface area contributed by atoms with E-state index in [1.807, 2.05) is 182 Å². The van der Waals surface area contributed by atoms with Crippen LogP contribution in [0.4, 0.5) is 0 Å². The first-order chi connectivity index (χ1) is 36.1. The van der Waals surface area contributed by atoms with E-state index in [2.05, 4.69) is 4.98 Å². The first-order valence-corrected chi connectivity index (χ1v) is 24.7. The lowest BCUT2D eigenvalue weighted by atomic mass is 9.96. The monoisotopic (exact) mass is 985 g/mol. The number of esters is 1. The Labute approximate surface area is 425 Å². The molecule has 0 aliphatic carbocycles. The van der Waals surface area contributed by atoms with E-state index < -0.39 is 73.7 Å². The third-order valence-corrected chi connectivity index (χ3v) is 12.9. The summed E-state index contributed by atoms with van der Waals surface area (Å²) in [5.74, 6) is -0.621. The molecule has 0 spiro atoms. The fourth-order valence-electron chi connectivity index (χ4n) is 9.17. The third kappa shape index (κ3) is 13.4. The van der Waals surface area contributed by atoms with Crippen LogP contribution in [0.3, 0.4) is 0 Å². The van der Waals surface area contributed by atoms with Crippen molar-refractivity contribution in [3.63, 3.8) is 0 Å². The van der Waals surface area contributed by atoms with Crippen LogP contribution in [0, 0.1) is 0 Å². The van der Waals surface area contributed by atoms with Gasteiger partial charge in [-0.1, -0.05) is 182 Å². The van der Waals surface area contributed by atoms with E-state index in [4.69, 9.17) is 52.1 Å². The van der Waals surface area contributed by atoms with Crippen LogP contribution in [0.2, 0.25) is 0 Å². The van der Waals surface area contributed by atoms with Gasteiger partial charge in [0.15, 0.2) is 25.0 Å². The summed E-state index contributed by atoms with van der Waals surface area (Å²) in [5, 5.41) is 0. The summed E-state index contributed by atoms with van der Waals surface area (Å²) in [6, 6.07) is 62.3. The van der Waals surface area contributed by atoms with Crippen LogP contribution in [-0.4, -0.2) is 85.6 Å². The fraction of sp³-hybridized carbons (Fsp3) is 0.300. The van der Waals surface area contributed by atoms with E-state index in [0.29, 0.717) is 0 Å². The van der Waals surface area contributed by atoms with Gasteiger partial charge in [-0.05, 0) is 39.9 Å². The van der Waals surface area contributed by atoms with Crippen LogP contribution in [0.15, 0.2) is 207 Å². The molecule has 0 amide bonds. The van der Waals surface area contributed by atoms with Crippen molar-refractivity contribution >= 4 is 5.97 Å². The Morgan fingerprint density at radius 2 is 0.945 bits per heavy atom. The van der Waals surface area contributed by atoms with Crippen molar-refractivity contribution in [1.29, 1.82) is 0 Å². The van der Waals surface area contributed by atoms with Gasteiger partial charge in [0.25, 0.3) is 0 Å². The van der Waals surface area contributed by atoms with E-state index in [1.54, 1.807) is 18.3 Å². The van der Waals surface area contributed by atoms with Crippen LogP contribution < -0.4 is 0 Å². The van der Waals surface area contributed by atoms with Crippen molar-refractivity contribution in [1.82, 2.24) is 4.98 Å². The zero-order chi connectivity index (χ0) is 49.4. The van der Waals surface area contributed by atoms with Crippen LogP contribution in [0.1, 0.15) is 50.0 Å². The van der Waals surface area contributed by atoms with Crippen molar-refractivity contribution in [2.24, 2.45) is 0 Å². The zero-order valence-corrected chi connectivity index (χ0v) is 40.3. The Morgan fingerprint density at radius 3 is 1.47 bits per heavy atom. The standard InChI is InChI=1S/C60H59NO12/c62-57(48-32-19-33-61-34-48)71-51-49(40-63-35-42-20-7-1-8-21-42)69-59(55(66-38-45-26-13-4-14-27-45)53(51)64-36-43-22-9-2-10-23-43)73-60-56(67-39-46-28-15-5-16-29-46)54(65-37-44-24-11-3-12-25-44)52-50(70-60)41-68-58(72-52)47-30-17-6-18-31-47/h1-34,49-56,58-60H,35-41H2/t49-,50-,51-,52-,53+,54+,55-,56-,58?,59-,60-/m1/s1. The number of fused-ring (bicyclic) bond motifs is 1. The average molecular weight is 986 g/mol. The molecule has 7 aromatic rings. The molecule has 6 aromatic carbocycles. The van der Waals surface area contributed by atoms with Crippen molar-refractivity contribution in [2.45, 2.75) is 101 Å². The minimum absolute atomic E-state index is 0.0220. The smallest absolute Gasteiger partial charge is 0.340 e. The number of carbonyl (C=O) groups is 1. The summed E-state index contributed by atoms with van der Waals surface area (Å²) in [4.78, 5) is 18.4. The number of benzene rings is 6. The molecule has 0 radical (unpaired) electrons. The Balaban J connectivity index is 1.03. The lowest BCUT2D eigenvalue weighted by Gasteiger charge is -2.51. The number of aromatic nitrogens is 1. The van der Waals surface area contributed by atoms with Crippen molar-refractivity contribution in [3.8, 4) is 0 Å². The summed E-state index contributed by atoms with van der Waals surface area (Å²) < 4.78 is 75.2. The minimum atomic E-state index is -1.23. The Kier molecular flexibility index (Phi) is 17.5. The molecular weight excluding hydrogens is 927 g/mol. The predicted octanol–water partition coefficient (Wildman–Crippen LogP) is 9.75. The van der Waals surface area contributed by atoms with E-state index >= 15 is 0 Å². The Hall–Kier alpha value is -6.46. The van der Waals surface area contributed by atoms with Crippen LogP contribution in [0.5, 0.6) is 0 Å². The average Bonchev–Trinajstić information content (AvgIpc) is 3.45. The summed E-state index contributed by atoms with van der Waals surface area (Å²) >= 11 is 0. The Bertz CT molecular complexity index is 2700. The zero-order valence-electron chi connectivity index (χ0n) is 40.3. The van der Waals surface area contributed by atoms with Gasteiger partial charge in [0.2, 0.25) is 0 Å². The Morgan fingerprint density at radius 1 is 0.479 bits per heavy atom. The molecule has 13 heteroatoms. The van der Waals surface area contributed by atoms with E-state index in [0.717, 1.165) is 33.4 Å². The molecule has 1 unspecified atom stereocenters. The maximum absolute atomic E-state index is 14.2. The third-order valence-electron chi connectivity index (χ3n) is 12.9. The molecule has 1 aromatic heterocycles. The molecule has 0 saturated carbocycles. The summed E-state index contributed by atoms with van der Waals surface area (Å²) in [7, 11) is 0. The van der Waals surface area contributed by atoms with Gasteiger partial charge in [0, 0.05) is 18.0 Å². The highest BCUT2D eigenvalue weighted by atomic mass is 16.8. The second-order valence-electron chi connectivity index (χ2n) is 18.1. The van der Waals surface area contributed by atoms with Crippen molar-refractivity contribution in [3.05, 3.63) is 245 Å². The molecule has 11 atom stereocenters. The van der Waals surface area contributed by atoms with Crippen LogP contribution >= 0.6 is 0 Å². The summed E-state index contributed by atoms with van der Waals surface area (Å²) in [5.41, 5.74) is 5.74. The predicted molar refractivity (Wildman–Crippen MR) is 268 cm³/mol. The number of hydrogen-bond donors (Lipinski definition) is 0. The van der Waals surface area contributed by atoms with Crippen LogP contribution in [0.25, 0.3) is 0 Å². The second kappa shape index (κ2) is 25.5. The molecule has 0 bridgehead atoms. The van der Waals surface area contributed by atoms with E-state index in [-0.39, 0.29) is 51.8 Å². The molecular formula is C60H59NO12. The molecule has 3 aliphatic rings. The van der Waals surface area contributed by atoms with Crippen LogP contribution in [-0.2, 0) is 85.1 Å². The minimum Gasteiger partial charge on any atom is -0.453 e. The highest BCUT2D eigenvalue weighted by Gasteiger charge is 2.56. The number of ether oxygens (including phenoxy) is 11. The van der Waals surface area contributed by atoms with E-state index in [1.165, 1.54) is 6.20 Å². The van der Waals surface area contributed by atoms with Gasteiger partial charge in [-0.25, -0.2) is 4.79 Å². The van der Waals surface area contributed by atoms with Gasteiger partial charge in [-0.3, -0.25) is 4.98 Å². The first-order valence-electron chi connectivity index (χ1n) is 24.7. The quantitative estimate of drug-likeness (QED) is 0.0634. The number of rotatable bonds is 21. The van der Waals surface area contributed by atoms with Gasteiger partial charge in [0.1, 0.15) is 42.7 Å². The van der Waals surface area contributed by atoms with Crippen molar-refractivity contribution < 1.29 is 56.9 Å². The number of nitrogens with zero attached hydrogens (tertiary/aromatic N) is 1. The lowest BCUT2D eigenvalue weighted by molar-refractivity contribution is -0.409. The summed E-state index contributed by atoms with van der Waals surface area (Å²) in [6.07, 6.45) is -7.07. The second-order valence-corrected chi connectivity index (χ2v) is 18.1. The van der Waals surface area contributed by atoms with Gasteiger partial charge in [-0.15, -0.1) is 0 Å². The normalized spacial score (nSPS) is 25.8. The summed E-state index contributed by atoms with van der Waals surface area (Å²) in [6.45, 7) is 1.11. The van der Waals surface area contributed by atoms with Gasteiger partial charge >= 0.3 is 5.97 Å². The van der Waals surface area contributed by atoms with Gasteiger partial charge < -0.3 is 52.1 Å². The number of carbonyl (C=O) groups excluding carboxylic acids is 1. The molecule has 4 heterocycles. The molecule has 3 saturated heterocycles. The topological polar surface area (TPSA) is 131 Å². The highest BCUT2D eigenvalue weighted by Crippen LogP contribution is 2.40. The SMILES string of the molecule is O=C(O[C@H]1[C@H](OCc2ccccc2)[C@@H](OCc2ccccc2)[C@@H](O[C@H]2O[C@@H]3COC(c4ccccc4)O[C@H]3[C@H](OCc3ccccc3)[C@H]2OCc2ccccc2)O[C@@H]1COCc1ccccc1)c1cccnc1. The van der Waals surface area contributed by atoms with Crippen molar-refractivity contribution in [2.75, 3.05) is 13.2 Å². The number of hydrogen-bond acceptors (Lipinski definition) is 13. The number of pyridine rings is 1. The maximum atomic E-state index is 14.2. The van der Waals surface area contributed by atoms with Gasteiger partial charge in [0.05, 0.1) is 51.8 Å². The highest BCUT2D eigenvalue weighted by molar-refractivity contribution is 5.89. The fourth-order valence-corrected chi connectivity index (χ4v) is 9.17.